The standard InChI is InChI=1S/C9H10ClNS/c1-9(2,6-11)5-7-3-4-8(10)12-7/h3-4H,5H2,1-2H3. The summed E-state index contributed by atoms with van der Waals surface area (Å²) >= 11 is 7.31. The third-order valence-electron chi connectivity index (χ3n) is 1.55. The van der Waals surface area contributed by atoms with Gasteiger partial charge in [-0.3, -0.25) is 0 Å². The molecule has 0 bridgehead atoms. The van der Waals surface area contributed by atoms with E-state index in [-0.39, 0.29) is 5.41 Å². The molecule has 1 aromatic heterocycles. The summed E-state index contributed by atoms with van der Waals surface area (Å²) in [4.78, 5) is 1.17. The molecule has 0 N–H and O–H groups in total. The first-order chi connectivity index (χ1) is 5.53. The molecule has 0 saturated heterocycles. The van der Waals surface area contributed by atoms with Crippen LogP contribution in [-0.2, 0) is 6.42 Å². The summed E-state index contributed by atoms with van der Waals surface area (Å²) in [6, 6.07) is 6.11. The summed E-state index contributed by atoms with van der Waals surface area (Å²) in [5, 5.41) is 8.78. The van der Waals surface area contributed by atoms with Crippen molar-refractivity contribution in [1.29, 1.82) is 5.26 Å². The summed E-state index contributed by atoms with van der Waals surface area (Å²) in [5.74, 6) is 0. The summed E-state index contributed by atoms with van der Waals surface area (Å²) in [6.45, 7) is 3.86. The van der Waals surface area contributed by atoms with Gasteiger partial charge in [-0.05, 0) is 32.4 Å². The number of nitriles is 1. The van der Waals surface area contributed by atoms with Crippen LogP contribution >= 0.6 is 22.9 Å². The molecular weight excluding hydrogens is 190 g/mol. The maximum absolute atomic E-state index is 8.78. The lowest BCUT2D eigenvalue weighted by molar-refractivity contribution is 0.498. The molecule has 3 heteroatoms. The molecule has 0 aliphatic carbocycles. The largest absolute Gasteiger partial charge is 0.198 e. The minimum Gasteiger partial charge on any atom is -0.198 e. The molecule has 0 saturated carbocycles. The average molecular weight is 200 g/mol. The molecule has 0 unspecified atom stereocenters. The molecule has 1 aromatic rings. The van der Waals surface area contributed by atoms with Gasteiger partial charge in [-0.1, -0.05) is 11.6 Å². The molecule has 12 heavy (non-hydrogen) atoms. The average Bonchev–Trinajstić information content (AvgIpc) is 2.35. The van der Waals surface area contributed by atoms with Crippen LogP contribution in [0.5, 0.6) is 0 Å². The van der Waals surface area contributed by atoms with E-state index in [0.717, 1.165) is 10.8 Å². The maximum atomic E-state index is 8.78. The topological polar surface area (TPSA) is 23.8 Å². The van der Waals surface area contributed by atoms with E-state index < -0.39 is 0 Å². The molecule has 0 spiro atoms. The highest BCUT2D eigenvalue weighted by atomic mass is 35.5. The number of hydrogen-bond acceptors (Lipinski definition) is 2. The van der Waals surface area contributed by atoms with Crippen molar-refractivity contribution in [3.05, 3.63) is 21.3 Å². The molecule has 64 valence electrons. The zero-order valence-electron chi connectivity index (χ0n) is 7.10. The molecule has 0 aliphatic heterocycles. The molecule has 0 fully saturated rings. The predicted molar refractivity (Wildman–Crippen MR) is 52.4 cm³/mol. The van der Waals surface area contributed by atoms with E-state index in [1.165, 1.54) is 4.88 Å². The molecule has 0 aromatic carbocycles. The minimum atomic E-state index is -0.284. The first kappa shape index (κ1) is 9.57. The molecule has 0 radical (unpaired) electrons. The van der Waals surface area contributed by atoms with E-state index in [1.807, 2.05) is 26.0 Å². The zero-order chi connectivity index (χ0) is 9.19. The number of rotatable bonds is 2. The van der Waals surface area contributed by atoms with E-state index in [0.29, 0.717) is 0 Å². The van der Waals surface area contributed by atoms with E-state index in [9.17, 15) is 0 Å². The molecule has 0 amide bonds. The normalized spacial score (nSPS) is 11.2. The number of nitrogens with zero attached hydrogens (tertiary/aromatic N) is 1. The Kier molecular flexibility index (Phi) is 2.76. The Bertz CT molecular complexity index is 309. The SMILES string of the molecule is CC(C)(C#N)Cc1ccc(Cl)s1. The van der Waals surface area contributed by atoms with Gasteiger partial charge in [-0.25, -0.2) is 0 Å². The molecule has 1 heterocycles. The highest BCUT2D eigenvalue weighted by Gasteiger charge is 2.18. The van der Waals surface area contributed by atoms with E-state index >= 15 is 0 Å². The van der Waals surface area contributed by atoms with Crippen LogP contribution in [0.2, 0.25) is 4.34 Å². The van der Waals surface area contributed by atoms with Crippen LogP contribution in [0.1, 0.15) is 18.7 Å². The van der Waals surface area contributed by atoms with Crippen LogP contribution in [0, 0.1) is 16.7 Å². The predicted octanol–water partition coefficient (Wildman–Crippen LogP) is 3.49. The van der Waals surface area contributed by atoms with Gasteiger partial charge in [0.15, 0.2) is 0 Å². The van der Waals surface area contributed by atoms with Crippen molar-refractivity contribution in [3.8, 4) is 6.07 Å². The highest BCUT2D eigenvalue weighted by molar-refractivity contribution is 7.16. The van der Waals surface area contributed by atoms with Crippen molar-refractivity contribution in [2.24, 2.45) is 5.41 Å². The van der Waals surface area contributed by atoms with Gasteiger partial charge in [0.1, 0.15) is 0 Å². The lowest BCUT2D eigenvalue weighted by atomic mass is 9.91. The van der Waals surface area contributed by atoms with Crippen LogP contribution in [0.3, 0.4) is 0 Å². The van der Waals surface area contributed by atoms with Gasteiger partial charge < -0.3 is 0 Å². The quantitative estimate of drug-likeness (QED) is 0.716. The molecular formula is C9H10ClNS. The summed E-state index contributed by atoms with van der Waals surface area (Å²) in [7, 11) is 0. The zero-order valence-corrected chi connectivity index (χ0v) is 8.67. The van der Waals surface area contributed by atoms with Crippen LogP contribution in [0.4, 0.5) is 0 Å². The van der Waals surface area contributed by atoms with Crippen LogP contribution in [0.25, 0.3) is 0 Å². The minimum absolute atomic E-state index is 0.284. The Labute approximate surface area is 81.6 Å². The Hall–Kier alpha value is -0.520. The van der Waals surface area contributed by atoms with Gasteiger partial charge in [0.25, 0.3) is 0 Å². The first-order valence-corrected chi connectivity index (χ1v) is 4.88. The third kappa shape index (κ3) is 2.51. The van der Waals surface area contributed by atoms with Gasteiger partial charge in [0.05, 0.1) is 15.8 Å². The van der Waals surface area contributed by atoms with Gasteiger partial charge >= 0.3 is 0 Å². The third-order valence-corrected chi connectivity index (χ3v) is 2.78. The molecule has 0 atom stereocenters. The molecule has 1 nitrogen and oxygen atoms in total. The fourth-order valence-electron chi connectivity index (χ4n) is 0.922. The lowest BCUT2D eigenvalue weighted by Crippen LogP contribution is -2.10. The van der Waals surface area contributed by atoms with Crippen molar-refractivity contribution < 1.29 is 0 Å². The van der Waals surface area contributed by atoms with Crippen molar-refractivity contribution in [3.63, 3.8) is 0 Å². The van der Waals surface area contributed by atoms with Crippen LogP contribution in [-0.4, -0.2) is 0 Å². The molecule has 0 aliphatic rings. The van der Waals surface area contributed by atoms with Crippen molar-refractivity contribution in [2.45, 2.75) is 20.3 Å². The van der Waals surface area contributed by atoms with Crippen molar-refractivity contribution >= 4 is 22.9 Å². The van der Waals surface area contributed by atoms with Gasteiger partial charge in [0.2, 0.25) is 0 Å². The van der Waals surface area contributed by atoms with Crippen LogP contribution < -0.4 is 0 Å². The van der Waals surface area contributed by atoms with Crippen molar-refractivity contribution in [2.75, 3.05) is 0 Å². The van der Waals surface area contributed by atoms with Gasteiger partial charge in [0, 0.05) is 4.88 Å². The summed E-state index contributed by atoms with van der Waals surface area (Å²) in [5.41, 5.74) is -0.284. The van der Waals surface area contributed by atoms with E-state index in [1.54, 1.807) is 11.3 Å². The fourth-order valence-corrected chi connectivity index (χ4v) is 2.24. The Morgan fingerprint density at radius 2 is 2.25 bits per heavy atom. The fraction of sp³-hybridized carbons (Fsp3) is 0.444. The Morgan fingerprint density at radius 3 is 2.67 bits per heavy atom. The molecule has 1 rings (SSSR count). The smallest absolute Gasteiger partial charge is 0.0931 e. The van der Waals surface area contributed by atoms with Crippen molar-refractivity contribution in [1.82, 2.24) is 0 Å². The highest BCUT2D eigenvalue weighted by Crippen LogP contribution is 2.28. The summed E-state index contributed by atoms with van der Waals surface area (Å²) in [6.07, 6.45) is 0.779. The summed E-state index contributed by atoms with van der Waals surface area (Å²) < 4.78 is 0.790. The van der Waals surface area contributed by atoms with Gasteiger partial charge in [-0.2, -0.15) is 5.26 Å². The second-order valence-electron chi connectivity index (χ2n) is 3.38. The first-order valence-electron chi connectivity index (χ1n) is 3.69. The monoisotopic (exact) mass is 199 g/mol. The number of halogens is 1. The van der Waals surface area contributed by atoms with Gasteiger partial charge in [-0.15, -0.1) is 11.3 Å². The number of thiophene rings is 1. The van der Waals surface area contributed by atoms with E-state index in [2.05, 4.69) is 6.07 Å². The second-order valence-corrected chi connectivity index (χ2v) is 5.18. The lowest BCUT2D eigenvalue weighted by Gasteiger charge is -2.12. The van der Waals surface area contributed by atoms with Crippen LogP contribution in [0.15, 0.2) is 12.1 Å². The number of hydrogen-bond donors (Lipinski definition) is 0. The van der Waals surface area contributed by atoms with E-state index in [4.69, 9.17) is 16.9 Å². The Morgan fingerprint density at radius 1 is 1.58 bits per heavy atom. The second kappa shape index (κ2) is 3.47. The maximum Gasteiger partial charge on any atom is 0.0931 e. The Balaban J connectivity index is 2.72.